The van der Waals surface area contributed by atoms with Crippen LogP contribution in [0.5, 0.6) is 5.75 Å². The monoisotopic (exact) mass is 220 g/mol. The first-order valence-electron chi connectivity index (χ1n) is 5.39. The number of anilines is 1. The number of hydrogen-bond donors (Lipinski definition) is 1. The second-order valence-electron chi connectivity index (χ2n) is 4.04. The topological polar surface area (TPSA) is 55.6 Å². The van der Waals surface area contributed by atoms with Crippen molar-refractivity contribution in [1.82, 2.24) is 0 Å². The van der Waals surface area contributed by atoms with Crippen LogP contribution in [0.25, 0.3) is 0 Å². The second-order valence-corrected chi connectivity index (χ2v) is 4.04. The minimum Gasteiger partial charge on any atom is -0.497 e. The molecule has 1 heterocycles. The van der Waals surface area contributed by atoms with Gasteiger partial charge in [0.15, 0.2) is 0 Å². The smallest absolute Gasteiger partial charge is 0.222 e. The lowest BCUT2D eigenvalue weighted by Gasteiger charge is -2.18. The van der Waals surface area contributed by atoms with Gasteiger partial charge in [0.05, 0.1) is 13.0 Å². The molecule has 1 atom stereocenters. The zero-order valence-corrected chi connectivity index (χ0v) is 9.35. The summed E-state index contributed by atoms with van der Waals surface area (Å²) in [4.78, 5) is 13.2. The first-order valence-corrected chi connectivity index (χ1v) is 5.39. The Balaban J connectivity index is 2.11. The van der Waals surface area contributed by atoms with E-state index < -0.39 is 0 Å². The summed E-state index contributed by atoms with van der Waals surface area (Å²) in [6.07, 6.45) is 0.840. The third kappa shape index (κ3) is 2.10. The van der Waals surface area contributed by atoms with Crippen LogP contribution in [0, 0.1) is 5.92 Å². The first kappa shape index (κ1) is 10.8. The Morgan fingerprint density at radius 1 is 1.56 bits per heavy atom. The summed E-state index contributed by atoms with van der Waals surface area (Å²) in [7, 11) is 1.65. The van der Waals surface area contributed by atoms with Gasteiger partial charge in [0.2, 0.25) is 5.91 Å². The van der Waals surface area contributed by atoms with Gasteiger partial charge in [-0.2, -0.15) is 0 Å². The van der Waals surface area contributed by atoms with Crippen LogP contribution >= 0.6 is 0 Å². The highest BCUT2D eigenvalue weighted by atomic mass is 16.5. The number of primary amides is 1. The van der Waals surface area contributed by atoms with Crippen molar-refractivity contribution in [3.05, 3.63) is 24.3 Å². The molecule has 0 bridgehead atoms. The molecule has 2 N–H and O–H groups in total. The molecule has 0 radical (unpaired) electrons. The van der Waals surface area contributed by atoms with Crippen molar-refractivity contribution in [1.29, 1.82) is 0 Å². The number of carbonyl (C=O) groups is 1. The molecule has 16 heavy (non-hydrogen) atoms. The number of ether oxygens (including phenoxy) is 1. The van der Waals surface area contributed by atoms with Crippen molar-refractivity contribution in [2.75, 3.05) is 25.1 Å². The van der Waals surface area contributed by atoms with Gasteiger partial charge < -0.3 is 15.4 Å². The van der Waals surface area contributed by atoms with Gasteiger partial charge in [0.25, 0.3) is 0 Å². The third-order valence-electron chi connectivity index (χ3n) is 3.01. The average Bonchev–Trinajstić information content (AvgIpc) is 2.78. The van der Waals surface area contributed by atoms with E-state index in [0.717, 1.165) is 24.4 Å². The van der Waals surface area contributed by atoms with Gasteiger partial charge in [-0.05, 0) is 18.6 Å². The molecular formula is C12H16N2O2. The fourth-order valence-electron chi connectivity index (χ4n) is 2.03. The predicted octanol–water partition coefficient (Wildman–Crippen LogP) is 1.01. The standard InChI is InChI=1S/C12H16N2O2/c1-16-11-4-2-3-10(7-11)14-6-5-9(8-14)12(13)15/h2-4,7,9H,5-6,8H2,1H3,(H2,13,15). The van der Waals surface area contributed by atoms with Gasteiger partial charge >= 0.3 is 0 Å². The molecule has 1 unspecified atom stereocenters. The Morgan fingerprint density at radius 3 is 3.00 bits per heavy atom. The van der Waals surface area contributed by atoms with E-state index >= 15 is 0 Å². The summed E-state index contributed by atoms with van der Waals surface area (Å²) < 4.78 is 5.17. The SMILES string of the molecule is COc1cccc(N2CCC(C(N)=O)C2)c1. The van der Waals surface area contributed by atoms with Crippen molar-refractivity contribution in [3.63, 3.8) is 0 Å². The van der Waals surface area contributed by atoms with Crippen LogP contribution in [0.1, 0.15) is 6.42 Å². The number of nitrogens with two attached hydrogens (primary N) is 1. The molecule has 1 aromatic carbocycles. The number of amides is 1. The molecule has 4 nitrogen and oxygen atoms in total. The van der Waals surface area contributed by atoms with Crippen LogP contribution in [0.4, 0.5) is 5.69 Å². The Kier molecular flexibility index (Phi) is 2.99. The predicted molar refractivity (Wildman–Crippen MR) is 62.5 cm³/mol. The van der Waals surface area contributed by atoms with E-state index in [1.807, 2.05) is 24.3 Å². The number of rotatable bonds is 3. The summed E-state index contributed by atoms with van der Waals surface area (Å²) >= 11 is 0. The van der Waals surface area contributed by atoms with E-state index in [4.69, 9.17) is 10.5 Å². The quantitative estimate of drug-likeness (QED) is 0.827. The van der Waals surface area contributed by atoms with Crippen LogP contribution in [0.15, 0.2) is 24.3 Å². The highest BCUT2D eigenvalue weighted by molar-refractivity contribution is 5.78. The molecule has 1 saturated heterocycles. The summed E-state index contributed by atoms with van der Waals surface area (Å²) in [5.74, 6) is 0.608. The summed E-state index contributed by atoms with van der Waals surface area (Å²) in [5.41, 5.74) is 6.39. The molecule has 1 aliphatic rings. The molecule has 0 spiro atoms. The Labute approximate surface area is 95.0 Å². The lowest BCUT2D eigenvalue weighted by molar-refractivity contribution is -0.121. The van der Waals surface area contributed by atoms with Crippen LogP contribution in [-0.2, 0) is 4.79 Å². The first-order chi connectivity index (χ1) is 7.70. The van der Waals surface area contributed by atoms with Crippen molar-refractivity contribution in [3.8, 4) is 5.75 Å². The molecule has 2 rings (SSSR count). The summed E-state index contributed by atoms with van der Waals surface area (Å²) in [6.45, 7) is 1.59. The number of benzene rings is 1. The lowest BCUT2D eigenvalue weighted by Crippen LogP contribution is -2.27. The minimum atomic E-state index is -0.203. The van der Waals surface area contributed by atoms with E-state index in [-0.39, 0.29) is 11.8 Å². The summed E-state index contributed by atoms with van der Waals surface area (Å²) in [5, 5.41) is 0. The molecule has 0 saturated carbocycles. The fourth-order valence-corrected chi connectivity index (χ4v) is 2.03. The van der Waals surface area contributed by atoms with Gasteiger partial charge in [-0.15, -0.1) is 0 Å². The number of hydrogen-bond acceptors (Lipinski definition) is 3. The van der Waals surface area contributed by atoms with Gasteiger partial charge in [-0.25, -0.2) is 0 Å². The molecule has 0 aromatic heterocycles. The van der Waals surface area contributed by atoms with Crippen LogP contribution in [-0.4, -0.2) is 26.1 Å². The maximum absolute atomic E-state index is 11.1. The Hall–Kier alpha value is -1.71. The molecule has 1 aromatic rings. The highest BCUT2D eigenvalue weighted by Gasteiger charge is 2.26. The second kappa shape index (κ2) is 4.43. The molecule has 1 fully saturated rings. The molecular weight excluding hydrogens is 204 g/mol. The number of methoxy groups -OCH3 is 1. The molecule has 4 heteroatoms. The van der Waals surface area contributed by atoms with Gasteiger partial charge in [0, 0.05) is 24.8 Å². The number of carbonyl (C=O) groups excluding carboxylic acids is 1. The minimum absolute atomic E-state index is 0.0220. The van der Waals surface area contributed by atoms with Crippen molar-refractivity contribution < 1.29 is 9.53 Å². The van der Waals surface area contributed by atoms with E-state index in [2.05, 4.69) is 4.90 Å². The van der Waals surface area contributed by atoms with Gasteiger partial charge in [0.1, 0.15) is 5.75 Å². The zero-order chi connectivity index (χ0) is 11.5. The normalized spacial score (nSPS) is 19.8. The fraction of sp³-hybridized carbons (Fsp3) is 0.417. The average molecular weight is 220 g/mol. The summed E-state index contributed by atoms with van der Waals surface area (Å²) in [6, 6.07) is 7.85. The molecule has 1 amide bonds. The maximum atomic E-state index is 11.1. The van der Waals surface area contributed by atoms with Gasteiger partial charge in [-0.3, -0.25) is 4.79 Å². The molecule has 1 aliphatic heterocycles. The highest BCUT2D eigenvalue weighted by Crippen LogP contribution is 2.26. The van der Waals surface area contributed by atoms with E-state index in [0.29, 0.717) is 6.54 Å². The zero-order valence-electron chi connectivity index (χ0n) is 9.35. The van der Waals surface area contributed by atoms with Crippen LogP contribution < -0.4 is 15.4 Å². The maximum Gasteiger partial charge on any atom is 0.222 e. The molecule has 86 valence electrons. The molecule has 0 aliphatic carbocycles. The number of nitrogens with zero attached hydrogens (tertiary/aromatic N) is 1. The van der Waals surface area contributed by atoms with Crippen molar-refractivity contribution in [2.45, 2.75) is 6.42 Å². The van der Waals surface area contributed by atoms with Crippen LogP contribution in [0.2, 0.25) is 0 Å². The van der Waals surface area contributed by atoms with E-state index in [9.17, 15) is 4.79 Å². The Bertz CT molecular complexity index is 392. The van der Waals surface area contributed by atoms with E-state index in [1.165, 1.54) is 0 Å². The third-order valence-corrected chi connectivity index (χ3v) is 3.01. The largest absolute Gasteiger partial charge is 0.497 e. The van der Waals surface area contributed by atoms with E-state index in [1.54, 1.807) is 7.11 Å². The van der Waals surface area contributed by atoms with Crippen LogP contribution in [0.3, 0.4) is 0 Å². The lowest BCUT2D eigenvalue weighted by atomic mass is 10.1. The van der Waals surface area contributed by atoms with Gasteiger partial charge in [-0.1, -0.05) is 6.07 Å². The Morgan fingerprint density at radius 2 is 2.38 bits per heavy atom. The van der Waals surface area contributed by atoms with Crippen molar-refractivity contribution in [2.24, 2.45) is 11.7 Å². The van der Waals surface area contributed by atoms with Crippen molar-refractivity contribution >= 4 is 11.6 Å².